The Morgan fingerprint density at radius 1 is 0.968 bits per heavy atom. The van der Waals surface area contributed by atoms with E-state index in [2.05, 4.69) is 57.7 Å². The van der Waals surface area contributed by atoms with Gasteiger partial charge in [0, 0.05) is 38.3 Å². The molecule has 1 aromatic carbocycles. The van der Waals surface area contributed by atoms with Crippen molar-refractivity contribution in [3.63, 3.8) is 0 Å². The zero-order valence-corrected chi connectivity index (χ0v) is 19.1. The van der Waals surface area contributed by atoms with Crippen LogP contribution in [0.1, 0.15) is 56.6 Å². The SMILES string of the molecule is CC1CCCN(c2cc(N3Cc4ccccc4C3)nc(NC(=S)NC3CCCC3)n2)C1. The molecule has 2 aromatic rings. The molecular weight excluding hydrogens is 404 g/mol. The first-order valence-electron chi connectivity index (χ1n) is 11.7. The Balaban J connectivity index is 1.39. The van der Waals surface area contributed by atoms with E-state index in [-0.39, 0.29) is 0 Å². The normalized spacial score (nSPS) is 21.3. The first-order valence-corrected chi connectivity index (χ1v) is 12.1. The van der Waals surface area contributed by atoms with Crippen LogP contribution in [0.4, 0.5) is 17.6 Å². The summed E-state index contributed by atoms with van der Waals surface area (Å²) >= 11 is 5.60. The highest BCUT2D eigenvalue weighted by molar-refractivity contribution is 7.80. The Bertz CT molecular complexity index is 916. The average molecular weight is 437 g/mol. The zero-order valence-electron chi connectivity index (χ0n) is 18.3. The highest BCUT2D eigenvalue weighted by Crippen LogP contribution is 2.31. The second kappa shape index (κ2) is 8.99. The summed E-state index contributed by atoms with van der Waals surface area (Å²) < 4.78 is 0. The second-order valence-corrected chi connectivity index (χ2v) is 9.71. The Morgan fingerprint density at radius 3 is 2.32 bits per heavy atom. The lowest BCUT2D eigenvalue weighted by Gasteiger charge is -2.32. The van der Waals surface area contributed by atoms with Crippen LogP contribution in [-0.4, -0.2) is 34.2 Å². The predicted molar refractivity (Wildman–Crippen MR) is 131 cm³/mol. The number of fused-ring (bicyclic) bond motifs is 1. The third-order valence-corrected chi connectivity index (χ3v) is 6.98. The number of benzene rings is 1. The molecule has 1 saturated carbocycles. The monoisotopic (exact) mass is 436 g/mol. The van der Waals surface area contributed by atoms with Crippen molar-refractivity contribution in [2.75, 3.05) is 28.2 Å². The lowest BCUT2D eigenvalue weighted by molar-refractivity contribution is 0.444. The van der Waals surface area contributed by atoms with Crippen LogP contribution in [0.25, 0.3) is 0 Å². The molecule has 0 spiro atoms. The third-order valence-electron chi connectivity index (χ3n) is 6.76. The smallest absolute Gasteiger partial charge is 0.232 e. The van der Waals surface area contributed by atoms with Gasteiger partial charge in [-0.25, -0.2) is 0 Å². The van der Waals surface area contributed by atoms with Crippen molar-refractivity contribution >= 4 is 34.9 Å². The minimum atomic E-state index is 0.471. The summed E-state index contributed by atoms with van der Waals surface area (Å²) in [5, 5.41) is 7.37. The van der Waals surface area contributed by atoms with Gasteiger partial charge in [0.2, 0.25) is 5.95 Å². The molecule has 2 fully saturated rings. The standard InChI is InChI=1S/C24H32N6S/c1-17-7-6-12-29(14-17)21-13-22(30-15-18-8-2-3-9-19(18)16-30)27-23(26-21)28-24(31)25-20-10-4-5-11-20/h2-3,8-9,13,17,20H,4-7,10-12,14-16H2,1H3,(H2,25,26,27,28,31). The first kappa shape index (κ1) is 20.5. The van der Waals surface area contributed by atoms with E-state index < -0.39 is 0 Å². The number of nitrogens with one attached hydrogen (secondary N) is 2. The van der Waals surface area contributed by atoms with Gasteiger partial charge >= 0.3 is 0 Å². The molecule has 1 atom stereocenters. The lowest BCUT2D eigenvalue weighted by Crippen LogP contribution is -2.37. The maximum Gasteiger partial charge on any atom is 0.232 e. The molecule has 6 nitrogen and oxygen atoms in total. The topological polar surface area (TPSA) is 56.3 Å². The molecule has 1 unspecified atom stereocenters. The molecule has 5 rings (SSSR count). The quantitative estimate of drug-likeness (QED) is 0.686. The number of nitrogens with zero attached hydrogens (tertiary/aromatic N) is 4. The van der Waals surface area contributed by atoms with Gasteiger partial charge in [-0.1, -0.05) is 44.0 Å². The predicted octanol–water partition coefficient (Wildman–Crippen LogP) is 4.46. The minimum absolute atomic E-state index is 0.471. The van der Waals surface area contributed by atoms with Gasteiger partial charge in [0.1, 0.15) is 11.6 Å². The highest BCUT2D eigenvalue weighted by Gasteiger charge is 2.24. The van der Waals surface area contributed by atoms with E-state index >= 15 is 0 Å². The average Bonchev–Trinajstić information content (AvgIpc) is 3.43. The van der Waals surface area contributed by atoms with Gasteiger partial charge in [0.05, 0.1) is 0 Å². The Hall–Kier alpha value is -2.41. The summed E-state index contributed by atoms with van der Waals surface area (Å²) in [6, 6.07) is 11.3. The van der Waals surface area contributed by atoms with E-state index in [9.17, 15) is 0 Å². The molecule has 3 heterocycles. The highest BCUT2D eigenvalue weighted by atomic mass is 32.1. The van der Waals surface area contributed by atoms with Gasteiger partial charge in [-0.2, -0.15) is 9.97 Å². The fourth-order valence-corrected chi connectivity index (χ4v) is 5.35. The van der Waals surface area contributed by atoms with Crippen molar-refractivity contribution in [3.05, 3.63) is 41.5 Å². The summed E-state index contributed by atoms with van der Waals surface area (Å²) in [7, 11) is 0. The molecule has 1 saturated heterocycles. The number of anilines is 3. The first-order chi connectivity index (χ1) is 15.1. The largest absolute Gasteiger partial charge is 0.360 e. The molecule has 1 aliphatic carbocycles. The molecule has 31 heavy (non-hydrogen) atoms. The maximum absolute atomic E-state index is 5.60. The Labute approximate surface area is 190 Å². The molecular formula is C24H32N6S. The lowest BCUT2D eigenvalue weighted by atomic mass is 10.0. The molecule has 1 aromatic heterocycles. The maximum atomic E-state index is 5.60. The molecule has 0 radical (unpaired) electrons. The number of rotatable bonds is 4. The van der Waals surface area contributed by atoms with E-state index in [4.69, 9.17) is 22.2 Å². The number of aromatic nitrogens is 2. The van der Waals surface area contributed by atoms with Crippen molar-refractivity contribution < 1.29 is 0 Å². The number of thiocarbonyl (C=S) groups is 1. The molecule has 2 N–H and O–H groups in total. The number of hydrogen-bond donors (Lipinski definition) is 2. The van der Waals surface area contributed by atoms with Crippen LogP contribution in [0, 0.1) is 5.92 Å². The zero-order chi connectivity index (χ0) is 21.2. The molecule has 3 aliphatic rings. The molecule has 2 aliphatic heterocycles. The van der Waals surface area contributed by atoms with Gasteiger partial charge in [-0.15, -0.1) is 0 Å². The van der Waals surface area contributed by atoms with E-state index in [1.54, 1.807) is 0 Å². The van der Waals surface area contributed by atoms with Crippen molar-refractivity contribution in [1.29, 1.82) is 0 Å². The van der Waals surface area contributed by atoms with Crippen molar-refractivity contribution in [3.8, 4) is 0 Å². The molecule has 0 amide bonds. The summed E-state index contributed by atoms with van der Waals surface area (Å²) in [4.78, 5) is 14.5. The van der Waals surface area contributed by atoms with Crippen LogP contribution in [-0.2, 0) is 13.1 Å². The van der Waals surface area contributed by atoms with E-state index in [0.29, 0.717) is 23.0 Å². The van der Waals surface area contributed by atoms with Gasteiger partial charge in [-0.05, 0) is 54.9 Å². The van der Waals surface area contributed by atoms with Crippen LogP contribution >= 0.6 is 12.2 Å². The van der Waals surface area contributed by atoms with E-state index in [1.807, 2.05) is 0 Å². The summed E-state index contributed by atoms with van der Waals surface area (Å²) in [6.07, 6.45) is 7.42. The molecule has 164 valence electrons. The number of piperidine rings is 1. The van der Waals surface area contributed by atoms with E-state index in [1.165, 1.54) is 49.7 Å². The second-order valence-electron chi connectivity index (χ2n) is 9.31. The van der Waals surface area contributed by atoms with Crippen LogP contribution in [0.2, 0.25) is 0 Å². The minimum Gasteiger partial charge on any atom is -0.360 e. The van der Waals surface area contributed by atoms with Crippen molar-refractivity contribution in [2.45, 2.75) is 64.6 Å². The van der Waals surface area contributed by atoms with Crippen LogP contribution in [0.5, 0.6) is 0 Å². The van der Waals surface area contributed by atoms with Crippen molar-refractivity contribution in [2.24, 2.45) is 5.92 Å². The summed E-state index contributed by atoms with van der Waals surface area (Å²) in [5.41, 5.74) is 2.75. The Kier molecular flexibility index (Phi) is 5.94. The summed E-state index contributed by atoms with van der Waals surface area (Å²) in [5.74, 6) is 3.24. The number of hydrogen-bond acceptors (Lipinski definition) is 5. The fourth-order valence-electron chi connectivity index (χ4n) is 5.09. The van der Waals surface area contributed by atoms with E-state index in [0.717, 1.165) is 37.8 Å². The van der Waals surface area contributed by atoms with Crippen molar-refractivity contribution in [1.82, 2.24) is 15.3 Å². The van der Waals surface area contributed by atoms with Gasteiger partial charge in [-0.3, -0.25) is 0 Å². The molecule has 7 heteroatoms. The van der Waals surface area contributed by atoms with Gasteiger partial charge in [0.25, 0.3) is 0 Å². The van der Waals surface area contributed by atoms with Gasteiger partial charge in [0.15, 0.2) is 5.11 Å². The fraction of sp³-hybridized carbons (Fsp3) is 0.542. The molecule has 0 bridgehead atoms. The van der Waals surface area contributed by atoms with Crippen LogP contribution in [0.15, 0.2) is 30.3 Å². The van der Waals surface area contributed by atoms with Crippen LogP contribution < -0.4 is 20.4 Å². The van der Waals surface area contributed by atoms with Gasteiger partial charge < -0.3 is 20.4 Å². The third kappa shape index (κ3) is 4.76. The van der Waals surface area contributed by atoms with Crippen LogP contribution in [0.3, 0.4) is 0 Å². The summed E-state index contributed by atoms with van der Waals surface area (Å²) in [6.45, 7) is 6.18. The Morgan fingerprint density at radius 2 is 1.65 bits per heavy atom.